The summed E-state index contributed by atoms with van der Waals surface area (Å²) in [5, 5.41) is 2.89. The average Bonchev–Trinajstić information content (AvgIpc) is 2.33. The lowest BCUT2D eigenvalue weighted by Crippen LogP contribution is -2.38. The largest absolute Gasteiger partial charge is 0.382 e. The van der Waals surface area contributed by atoms with Gasteiger partial charge in [-0.2, -0.15) is 0 Å². The van der Waals surface area contributed by atoms with E-state index < -0.39 is 0 Å². The van der Waals surface area contributed by atoms with Crippen LogP contribution in [0.15, 0.2) is 0 Å². The summed E-state index contributed by atoms with van der Waals surface area (Å²) in [4.78, 5) is 11.8. The van der Waals surface area contributed by atoms with Crippen molar-refractivity contribution in [3.05, 3.63) is 0 Å². The first-order valence-electron chi connectivity index (χ1n) is 6.34. The lowest BCUT2D eigenvalue weighted by Gasteiger charge is -2.25. The Labute approximate surface area is 103 Å². The highest BCUT2D eigenvalue weighted by molar-refractivity contribution is 5.78. The number of amides is 1. The fourth-order valence-electron chi connectivity index (χ4n) is 2.10. The molecule has 0 aromatic heterocycles. The minimum atomic E-state index is 0.0951. The Morgan fingerprint density at radius 2 is 2.18 bits per heavy atom. The van der Waals surface area contributed by atoms with Crippen molar-refractivity contribution in [3.8, 4) is 0 Å². The van der Waals surface area contributed by atoms with Crippen LogP contribution in [-0.4, -0.2) is 45.4 Å². The van der Waals surface area contributed by atoms with Gasteiger partial charge in [-0.25, -0.2) is 0 Å². The van der Waals surface area contributed by atoms with Crippen LogP contribution in [0.4, 0.5) is 0 Å². The van der Waals surface area contributed by atoms with Crippen LogP contribution in [-0.2, 0) is 14.3 Å². The van der Waals surface area contributed by atoms with Crippen LogP contribution in [0.1, 0.15) is 25.7 Å². The summed E-state index contributed by atoms with van der Waals surface area (Å²) in [5.41, 5.74) is 5.85. The minimum absolute atomic E-state index is 0.0951. The van der Waals surface area contributed by atoms with Crippen LogP contribution >= 0.6 is 0 Å². The average molecular weight is 244 g/mol. The molecule has 17 heavy (non-hydrogen) atoms. The maximum Gasteiger partial charge on any atom is 0.223 e. The molecule has 2 unspecified atom stereocenters. The topological polar surface area (TPSA) is 73.6 Å². The molecule has 0 aromatic carbocycles. The van der Waals surface area contributed by atoms with Gasteiger partial charge in [0.05, 0.1) is 19.8 Å². The molecule has 1 fully saturated rings. The van der Waals surface area contributed by atoms with Gasteiger partial charge in [0.25, 0.3) is 0 Å². The first-order valence-corrected chi connectivity index (χ1v) is 6.34. The fraction of sp³-hybridized carbons (Fsp3) is 0.917. The van der Waals surface area contributed by atoms with E-state index in [0.717, 1.165) is 25.7 Å². The number of carbonyl (C=O) groups is 1. The first-order chi connectivity index (χ1) is 8.24. The number of nitrogens with one attached hydrogen (secondary N) is 1. The number of methoxy groups -OCH3 is 1. The minimum Gasteiger partial charge on any atom is -0.382 e. The first kappa shape index (κ1) is 14.4. The summed E-state index contributed by atoms with van der Waals surface area (Å²) in [7, 11) is 1.64. The maximum absolute atomic E-state index is 11.8. The lowest BCUT2D eigenvalue weighted by molar-refractivity contribution is -0.126. The molecule has 1 aliphatic rings. The van der Waals surface area contributed by atoms with Crippen LogP contribution in [0.25, 0.3) is 0 Å². The summed E-state index contributed by atoms with van der Waals surface area (Å²) in [6, 6.07) is 0.192. The van der Waals surface area contributed by atoms with Gasteiger partial charge in [0.1, 0.15) is 0 Å². The smallest absolute Gasteiger partial charge is 0.223 e. The van der Waals surface area contributed by atoms with Crippen molar-refractivity contribution in [1.82, 2.24) is 5.32 Å². The molecule has 0 radical (unpaired) electrons. The normalized spacial score (nSPS) is 24.6. The molecule has 3 N–H and O–H groups in total. The standard InChI is InChI=1S/C12H24N2O3/c1-16-7-8-17-6-5-14-12(15)10-3-2-4-11(13)9-10/h10-11H,2-9,13H2,1H3,(H,14,15). The summed E-state index contributed by atoms with van der Waals surface area (Å²) < 4.78 is 10.1. The van der Waals surface area contributed by atoms with Gasteiger partial charge in [-0.15, -0.1) is 0 Å². The Bertz CT molecular complexity index is 224. The van der Waals surface area contributed by atoms with Crippen LogP contribution in [0.2, 0.25) is 0 Å². The van der Waals surface area contributed by atoms with E-state index in [1.54, 1.807) is 7.11 Å². The third kappa shape index (κ3) is 6.00. The lowest BCUT2D eigenvalue weighted by atomic mass is 9.85. The fourth-order valence-corrected chi connectivity index (χ4v) is 2.10. The number of nitrogens with two attached hydrogens (primary N) is 1. The second-order valence-electron chi connectivity index (χ2n) is 4.52. The molecule has 0 aromatic rings. The third-order valence-corrected chi connectivity index (χ3v) is 3.06. The number of hydrogen-bond acceptors (Lipinski definition) is 4. The third-order valence-electron chi connectivity index (χ3n) is 3.06. The van der Waals surface area contributed by atoms with E-state index in [2.05, 4.69) is 5.32 Å². The second-order valence-corrected chi connectivity index (χ2v) is 4.52. The molecule has 1 aliphatic carbocycles. The Hall–Kier alpha value is -0.650. The molecule has 5 nitrogen and oxygen atoms in total. The van der Waals surface area contributed by atoms with Gasteiger partial charge in [-0.1, -0.05) is 6.42 Å². The molecular formula is C12H24N2O3. The number of carbonyl (C=O) groups excluding carboxylic acids is 1. The van der Waals surface area contributed by atoms with E-state index in [-0.39, 0.29) is 17.9 Å². The Kier molecular flexibility index (Phi) is 7.16. The van der Waals surface area contributed by atoms with Crippen molar-refractivity contribution >= 4 is 5.91 Å². The van der Waals surface area contributed by atoms with Crippen LogP contribution in [0.5, 0.6) is 0 Å². The molecule has 1 saturated carbocycles. The van der Waals surface area contributed by atoms with E-state index in [0.29, 0.717) is 26.4 Å². The maximum atomic E-state index is 11.8. The predicted octanol–water partition coefficient (Wildman–Crippen LogP) is 0.283. The van der Waals surface area contributed by atoms with Gasteiger partial charge >= 0.3 is 0 Å². The van der Waals surface area contributed by atoms with Gasteiger partial charge < -0.3 is 20.5 Å². The van der Waals surface area contributed by atoms with Crippen molar-refractivity contribution in [2.45, 2.75) is 31.7 Å². The number of rotatable bonds is 7. The summed E-state index contributed by atoms with van der Waals surface area (Å²) >= 11 is 0. The van der Waals surface area contributed by atoms with Crippen LogP contribution in [0, 0.1) is 5.92 Å². The molecule has 1 rings (SSSR count). The molecule has 0 heterocycles. The highest BCUT2D eigenvalue weighted by atomic mass is 16.5. The molecule has 5 heteroatoms. The van der Waals surface area contributed by atoms with Crippen molar-refractivity contribution in [2.24, 2.45) is 11.7 Å². The molecule has 0 bridgehead atoms. The van der Waals surface area contributed by atoms with Crippen molar-refractivity contribution in [3.63, 3.8) is 0 Å². The van der Waals surface area contributed by atoms with Gasteiger partial charge in [0.2, 0.25) is 5.91 Å². The summed E-state index contributed by atoms with van der Waals surface area (Å²) in [6.45, 7) is 2.26. The Balaban J connectivity index is 2.04. The molecule has 100 valence electrons. The SMILES string of the molecule is COCCOCCNC(=O)C1CCCC(N)C1. The van der Waals surface area contributed by atoms with Gasteiger partial charge in [-0.3, -0.25) is 4.79 Å². The zero-order valence-corrected chi connectivity index (χ0v) is 10.6. The second kappa shape index (κ2) is 8.44. The highest BCUT2D eigenvalue weighted by Gasteiger charge is 2.24. The summed E-state index contributed by atoms with van der Waals surface area (Å²) in [5.74, 6) is 0.216. The molecule has 2 atom stereocenters. The number of ether oxygens (including phenoxy) is 2. The quantitative estimate of drug-likeness (QED) is 0.631. The van der Waals surface area contributed by atoms with Crippen LogP contribution in [0.3, 0.4) is 0 Å². The molecule has 0 saturated heterocycles. The molecule has 1 amide bonds. The zero-order valence-electron chi connectivity index (χ0n) is 10.6. The van der Waals surface area contributed by atoms with Crippen molar-refractivity contribution in [2.75, 3.05) is 33.5 Å². The monoisotopic (exact) mass is 244 g/mol. The Morgan fingerprint density at radius 3 is 2.88 bits per heavy atom. The van der Waals surface area contributed by atoms with Crippen molar-refractivity contribution in [1.29, 1.82) is 0 Å². The molecule has 0 spiro atoms. The number of hydrogen-bond donors (Lipinski definition) is 2. The van der Waals surface area contributed by atoms with E-state index in [1.807, 2.05) is 0 Å². The predicted molar refractivity (Wildman–Crippen MR) is 65.6 cm³/mol. The molecule has 0 aliphatic heterocycles. The Morgan fingerprint density at radius 1 is 1.35 bits per heavy atom. The van der Waals surface area contributed by atoms with E-state index in [4.69, 9.17) is 15.2 Å². The van der Waals surface area contributed by atoms with E-state index >= 15 is 0 Å². The van der Waals surface area contributed by atoms with Gasteiger partial charge in [0, 0.05) is 25.6 Å². The van der Waals surface area contributed by atoms with E-state index in [1.165, 1.54) is 0 Å². The van der Waals surface area contributed by atoms with Gasteiger partial charge in [0.15, 0.2) is 0 Å². The van der Waals surface area contributed by atoms with Crippen LogP contribution < -0.4 is 11.1 Å². The summed E-state index contributed by atoms with van der Waals surface area (Å²) in [6.07, 6.45) is 3.88. The van der Waals surface area contributed by atoms with Gasteiger partial charge in [-0.05, 0) is 19.3 Å². The van der Waals surface area contributed by atoms with E-state index in [9.17, 15) is 4.79 Å². The molecular weight excluding hydrogens is 220 g/mol. The van der Waals surface area contributed by atoms with Crippen molar-refractivity contribution < 1.29 is 14.3 Å². The zero-order chi connectivity index (χ0) is 12.5. The highest BCUT2D eigenvalue weighted by Crippen LogP contribution is 2.22.